The van der Waals surface area contributed by atoms with Crippen LogP contribution in [0.3, 0.4) is 0 Å². The van der Waals surface area contributed by atoms with E-state index in [0.29, 0.717) is 5.39 Å². The molecule has 1 N–H and O–H groups in total. The van der Waals surface area contributed by atoms with E-state index in [0.717, 1.165) is 16.6 Å². The maximum atomic E-state index is 13.1. The van der Waals surface area contributed by atoms with Gasteiger partial charge in [0.2, 0.25) is 5.91 Å². The van der Waals surface area contributed by atoms with Gasteiger partial charge in [-0.1, -0.05) is 48.0 Å². The van der Waals surface area contributed by atoms with Gasteiger partial charge in [0.25, 0.3) is 0 Å². The summed E-state index contributed by atoms with van der Waals surface area (Å²) in [4.78, 5) is 12.4. The largest absolute Gasteiger partial charge is 0.352 e. The molecule has 27 heavy (non-hydrogen) atoms. The van der Waals surface area contributed by atoms with Crippen LogP contribution in [0.1, 0.15) is 25.0 Å². The predicted octanol–water partition coefficient (Wildman–Crippen LogP) is 3.45. The van der Waals surface area contributed by atoms with E-state index in [1.807, 2.05) is 63.2 Å². The number of sulfone groups is 1. The second-order valence-corrected chi connectivity index (χ2v) is 9.06. The summed E-state index contributed by atoms with van der Waals surface area (Å²) in [5.41, 5.74) is 2.57. The van der Waals surface area contributed by atoms with E-state index in [2.05, 4.69) is 5.32 Å². The molecule has 3 rings (SSSR count). The zero-order valence-electron chi connectivity index (χ0n) is 15.8. The molecule has 1 heterocycles. The third-order valence-corrected chi connectivity index (χ3v) is 6.04. The molecule has 0 atom stereocenters. The van der Waals surface area contributed by atoms with Crippen molar-refractivity contribution in [3.05, 3.63) is 65.9 Å². The van der Waals surface area contributed by atoms with Crippen LogP contribution in [0.2, 0.25) is 0 Å². The third-order valence-electron chi connectivity index (χ3n) is 4.33. The van der Waals surface area contributed by atoms with Gasteiger partial charge in [0.05, 0.1) is 10.6 Å². The van der Waals surface area contributed by atoms with Crippen molar-refractivity contribution < 1.29 is 13.2 Å². The highest BCUT2D eigenvalue weighted by molar-refractivity contribution is 7.90. The minimum atomic E-state index is -3.54. The third kappa shape index (κ3) is 4.39. The average molecular weight is 385 g/mol. The van der Waals surface area contributed by atoms with Crippen LogP contribution in [0, 0.1) is 6.92 Å². The minimum absolute atomic E-state index is 0.0315. The maximum absolute atomic E-state index is 13.1. The number of aromatic nitrogens is 1. The number of para-hydroxylation sites is 1. The number of rotatable bonds is 6. The van der Waals surface area contributed by atoms with Gasteiger partial charge in [-0.25, -0.2) is 8.42 Å². The van der Waals surface area contributed by atoms with Gasteiger partial charge < -0.3 is 9.88 Å². The summed E-state index contributed by atoms with van der Waals surface area (Å²) in [6, 6.07) is 14.8. The van der Waals surface area contributed by atoms with Crippen molar-refractivity contribution in [2.45, 2.75) is 44.0 Å². The molecular formula is C21H24N2O3S. The molecule has 0 aliphatic carbocycles. The number of nitrogens with zero attached hydrogens (tertiary/aromatic N) is 1. The summed E-state index contributed by atoms with van der Waals surface area (Å²) >= 11 is 0. The lowest BCUT2D eigenvalue weighted by Gasteiger charge is -2.09. The van der Waals surface area contributed by atoms with Gasteiger partial charge >= 0.3 is 0 Å². The Bertz CT molecular complexity index is 1060. The van der Waals surface area contributed by atoms with E-state index in [9.17, 15) is 13.2 Å². The predicted molar refractivity (Wildman–Crippen MR) is 107 cm³/mol. The Kier molecular flexibility index (Phi) is 5.37. The molecule has 142 valence electrons. The Morgan fingerprint density at radius 3 is 2.41 bits per heavy atom. The molecule has 1 aromatic heterocycles. The maximum Gasteiger partial charge on any atom is 0.240 e. The lowest BCUT2D eigenvalue weighted by atomic mass is 10.2. The summed E-state index contributed by atoms with van der Waals surface area (Å²) in [7, 11) is -3.54. The van der Waals surface area contributed by atoms with Crippen molar-refractivity contribution in [2.75, 3.05) is 0 Å². The van der Waals surface area contributed by atoms with Crippen molar-refractivity contribution in [1.82, 2.24) is 9.88 Å². The van der Waals surface area contributed by atoms with Gasteiger partial charge in [0.15, 0.2) is 9.84 Å². The van der Waals surface area contributed by atoms with E-state index in [1.165, 1.54) is 0 Å². The standard InChI is InChI=1S/C21H24N2O3S/c1-15(2)22-21(24)13-23-12-20(18-6-4-5-7-19(18)23)27(25,26)14-17-10-8-16(3)9-11-17/h4-12,15H,13-14H2,1-3H3,(H,22,24). The Balaban J connectivity index is 1.98. The second kappa shape index (κ2) is 7.56. The first-order valence-electron chi connectivity index (χ1n) is 8.92. The van der Waals surface area contributed by atoms with Crippen molar-refractivity contribution in [2.24, 2.45) is 0 Å². The highest BCUT2D eigenvalue weighted by atomic mass is 32.2. The average Bonchev–Trinajstić information content (AvgIpc) is 2.96. The highest BCUT2D eigenvalue weighted by Crippen LogP contribution is 2.28. The number of amides is 1. The quantitative estimate of drug-likeness (QED) is 0.708. The molecule has 0 saturated carbocycles. The normalized spacial score (nSPS) is 11.9. The zero-order chi connectivity index (χ0) is 19.6. The molecule has 0 aliphatic rings. The summed E-state index contributed by atoms with van der Waals surface area (Å²) in [5, 5.41) is 3.48. The number of hydrogen-bond acceptors (Lipinski definition) is 3. The van der Waals surface area contributed by atoms with Crippen molar-refractivity contribution in [3.8, 4) is 0 Å². The van der Waals surface area contributed by atoms with Crippen LogP contribution < -0.4 is 5.32 Å². The van der Waals surface area contributed by atoms with Gasteiger partial charge in [-0.05, 0) is 32.4 Å². The first kappa shape index (κ1) is 19.2. The molecular weight excluding hydrogens is 360 g/mol. The van der Waals surface area contributed by atoms with Crippen molar-refractivity contribution >= 4 is 26.6 Å². The molecule has 0 fully saturated rings. The SMILES string of the molecule is Cc1ccc(CS(=O)(=O)c2cn(CC(=O)NC(C)C)c3ccccc23)cc1. The minimum Gasteiger partial charge on any atom is -0.352 e. The van der Waals surface area contributed by atoms with Gasteiger partial charge in [-0.3, -0.25) is 4.79 Å². The number of benzene rings is 2. The van der Waals surface area contributed by atoms with Crippen LogP contribution in [0.4, 0.5) is 0 Å². The molecule has 0 bridgehead atoms. The molecule has 0 unspecified atom stereocenters. The number of fused-ring (bicyclic) bond motifs is 1. The van der Waals surface area contributed by atoms with E-state index < -0.39 is 9.84 Å². The molecule has 2 aromatic carbocycles. The number of aryl methyl sites for hydroxylation is 1. The molecule has 3 aromatic rings. The van der Waals surface area contributed by atoms with Crippen molar-refractivity contribution in [1.29, 1.82) is 0 Å². The fourth-order valence-corrected chi connectivity index (χ4v) is 4.68. The Morgan fingerprint density at radius 1 is 1.07 bits per heavy atom. The number of nitrogens with one attached hydrogen (secondary N) is 1. The fraction of sp³-hybridized carbons (Fsp3) is 0.286. The monoisotopic (exact) mass is 384 g/mol. The van der Waals surface area contributed by atoms with Gasteiger partial charge in [-0.15, -0.1) is 0 Å². The second-order valence-electron chi connectivity index (χ2n) is 7.11. The lowest BCUT2D eigenvalue weighted by molar-refractivity contribution is -0.122. The smallest absolute Gasteiger partial charge is 0.240 e. The number of carbonyl (C=O) groups is 1. The molecule has 0 spiro atoms. The van der Waals surface area contributed by atoms with E-state index >= 15 is 0 Å². The number of hydrogen-bond donors (Lipinski definition) is 1. The summed E-state index contributed by atoms with van der Waals surface area (Å²) in [5.74, 6) is -0.215. The lowest BCUT2D eigenvalue weighted by Crippen LogP contribution is -2.32. The van der Waals surface area contributed by atoms with Gasteiger partial charge in [0.1, 0.15) is 6.54 Å². The van der Waals surface area contributed by atoms with Crippen LogP contribution in [-0.4, -0.2) is 24.9 Å². The van der Waals surface area contributed by atoms with Crippen LogP contribution in [0.25, 0.3) is 10.9 Å². The van der Waals surface area contributed by atoms with E-state index in [4.69, 9.17) is 0 Å². The highest BCUT2D eigenvalue weighted by Gasteiger charge is 2.22. The van der Waals surface area contributed by atoms with Crippen LogP contribution >= 0.6 is 0 Å². The first-order chi connectivity index (χ1) is 12.8. The summed E-state index contributed by atoms with van der Waals surface area (Å²) < 4.78 is 27.8. The van der Waals surface area contributed by atoms with Crippen LogP contribution in [0.5, 0.6) is 0 Å². The summed E-state index contributed by atoms with van der Waals surface area (Å²) in [6.07, 6.45) is 1.58. The molecule has 5 nitrogen and oxygen atoms in total. The molecule has 6 heteroatoms. The first-order valence-corrected chi connectivity index (χ1v) is 10.6. The van der Waals surface area contributed by atoms with Crippen LogP contribution in [-0.2, 0) is 26.9 Å². The Morgan fingerprint density at radius 2 is 1.74 bits per heavy atom. The molecule has 0 aliphatic heterocycles. The molecule has 1 amide bonds. The van der Waals surface area contributed by atoms with E-state index in [1.54, 1.807) is 16.8 Å². The fourth-order valence-electron chi connectivity index (χ4n) is 3.10. The Labute approximate surface area is 159 Å². The zero-order valence-corrected chi connectivity index (χ0v) is 16.6. The topological polar surface area (TPSA) is 68.2 Å². The molecule has 0 saturated heterocycles. The van der Waals surface area contributed by atoms with E-state index in [-0.39, 0.29) is 29.1 Å². The summed E-state index contributed by atoms with van der Waals surface area (Å²) in [6.45, 7) is 5.83. The van der Waals surface area contributed by atoms with Crippen molar-refractivity contribution in [3.63, 3.8) is 0 Å². The molecule has 0 radical (unpaired) electrons. The van der Waals surface area contributed by atoms with Gasteiger partial charge in [-0.2, -0.15) is 0 Å². The number of carbonyl (C=O) groups excluding carboxylic acids is 1. The van der Waals surface area contributed by atoms with Gasteiger partial charge in [0, 0.05) is 23.1 Å². The Hall–Kier alpha value is -2.60. The van der Waals surface area contributed by atoms with Crippen LogP contribution in [0.15, 0.2) is 59.6 Å².